The summed E-state index contributed by atoms with van der Waals surface area (Å²) < 4.78 is 12.7. The van der Waals surface area contributed by atoms with Crippen molar-refractivity contribution >= 4 is 45.0 Å². The van der Waals surface area contributed by atoms with Crippen LogP contribution in [0.1, 0.15) is 28.4 Å². The topological polar surface area (TPSA) is 47.6 Å². The van der Waals surface area contributed by atoms with Crippen molar-refractivity contribution in [3.05, 3.63) is 99.1 Å². The van der Waals surface area contributed by atoms with E-state index in [1.165, 1.54) is 5.56 Å². The van der Waals surface area contributed by atoms with Crippen LogP contribution < -0.4 is 14.8 Å². The lowest BCUT2D eigenvalue weighted by molar-refractivity contribution is 0.102. The first kappa shape index (κ1) is 22.1. The minimum absolute atomic E-state index is 0.190. The van der Waals surface area contributed by atoms with Crippen LogP contribution in [-0.4, -0.2) is 12.5 Å². The van der Waals surface area contributed by atoms with Crippen LogP contribution in [0.15, 0.2) is 78.9 Å². The summed E-state index contributed by atoms with van der Waals surface area (Å²) >= 11 is 2.19. The van der Waals surface area contributed by atoms with Crippen LogP contribution in [0.3, 0.4) is 0 Å². The molecule has 0 heterocycles. The third-order valence-electron chi connectivity index (χ3n) is 5.11. The van der Waals surface area contributed by atoms with Crippen molar-refractivity contribution in [2.75, 3.05) is 11.9 Å². The number of halogens is 1. The molecule has 0 saturated carbocycles. The van der Waals surface area contributed by atoms with Gasteiger partial charge in [0.15, 0.2) is 11.5 Å². The van der Waals surface area contributed by atoms with Gasteiger partial charge in [0, 0.05) is 16.6 Å². The van der Waals surface area contributed by atoms with E-state index in [0.717, 1.165) is 25.6 Å². The number of fused-ring (bicyclic) bond motifs is 1. The maximum Gasteiger partial charge on any atom is 0.255 e. The minimum Gasteiger partial charge on any atom is -0.490 e. The van der Waals surface area contributed by atoms with E-state index in [1.54, 1.807) is 6.07 Å². The predicted octanol–water partition coefficient (Wildman–Crippen LogP) is 6.98. The highest BCUT2D eigenvalue weighted by molar-refractivity contribution is 14.1. The number of hydrogen-bond acceptors (Lipinski definition) is 3. The van der Waals surface area contributed by atoms with Crippen molar-refractivity contribution in [3.63, 3.8) is 0 Å². The Hall–Kier alpha value is -3.06. The molecule has 162 valence electrons. The zero-order valence-electron chi connectivity index (χ0n) is 18.0. The van der Waals surface area contributed by atoms with Crippen molar-refractivity contribution < 1.29 is 14.3 Å². The number of ether oxygens (including phenoxy) is 2. The molecule has 4 rings (SSSR count). The molecule has 0 fully saturated rings. The lowest BCUT2D eigenvalue weighted by atomic mass is 10.1. The van der Waals surface area contributed by atoms with E-state index in [0.29, 0.717) is 30.3 Å². The summed E-state index contributed by atoms with van der Waals surface area (Å²) in [5.41, 5.74) is 3.58. The standard InChI is InChI=1S/C27H24INO3/c1-3-31-25-16-21(15-23(28)26(25)32-17-19-13-11-18(2)12-14-19)27(30)29-24-10-6-8-20-7-4-5-9-22(20)24/h4-16H,3,17H2,1-2H3,(H,29,30). The highest BCUT2D eigenvalue weighted by atomic mass is 127. The second kappa shape index (κ2) is 10.0. The first-order valence-electron chi connectivity index (χ1n) is 10.5. The summed E-state index contributed by atoms with van der Waals surface area (Å²) in [5, 5.41) is 5.12. The smallest absolute Gasteiger partial charge is 0.255 e. The normalized spacial score (nSPS) is 10.7. The van der Waals surface area contributed by atoms with Gasteiger partial charge in [0.25, 0.3) is 5.91 Å². The summed E-state index contributed by atoms with van der Waals surface area (Å²) in [6.07, 6.45) is 0. The molecule has 1 amide bonds. The molecule has 0 aliphatic carbocycles. The molecule has 0 bridgehead atoms. The Morgan fingerprint density at radius 3 is 2.47 bits per heavy atom. The Balaban J connectivity index is 1.58. The number of aryl methyl sites for hydroxylation is 1. The third kappa shape index (κ3) is 5.05. The van der Waals surface area contributed by atoms with Crippen molar-refractivity contribution in [2.45, 2.75) is 20.5 Å². The van der Waals surface area contributed by atoms with E-state index in [1.807, 2.05) is 55.5 Å². The zero-order chi connectivity index (χ0) is 22.5. The van der Waals surface area contributed by atoms with Gasteiger partial charge in [-0.25, -0.2) is 0 Å². The summed E-state index contributed by atoms with van der Waals surface area (Å²) in [6.45, 7) is 4.88. The molecule has 1 N–H and O–H groups in total. The Kier molecular flexibility index (Phi) is 6.95. The highest BCUT2D eigenvalue weighted by Gasteiger charge is 2.17. The number of nitrogens with one attached hydrogen (secondary N) is 1. The molecule has 32 heavy (non-hydrogen) atoms. The van der Waals surface area contributed by atoms with Crippen LogP contribution in [0.25, 0.3) is 10.8 Å². The molecule has 4 nitrogen and oxygen atoms in total. The number of carbonyl (C=O) groups is 1. The average Bonchev–Trinajstić information content (AvgIpc) is 2.80. The van der Waals surface area contributed by atoms with Crippen LogP contribution in [0.4, 0.5) is 5.69 Å². The second-order valence-electron chi connectivity index (χ2n) is 7.47. The maximum absolute atomic E-state index is 13.1. The fourth-order valence-electron chi connectivity index (χ4n) is 3.47. The molecule has 4 aromatic rings. The van der Waals surface area contributed by atoms with Gasteiger partial charge in [-0.05, 0) is 65.6 Å². The molecular weight excluding hydrogens is 513 g/mol. The van der Waals surface area contributed by atoms with E-state index in [2.05, 4.69) is 59.1 Å². The molecule has 0 aliphatic heterocycles. The monoisotopic (exact) mass is 537 g/mol. The van der Waals surface area contributed by atoms with E-state index >= 15 is 0 Å². The Bertz CT molecular complexity index is 1250. The molecule has 5 heteroatoms. The quantitative estimate of drug-likeness (QED) is 0.259. The second-order valence-corrected chi connectivity index (χ2v) is 8.64. The highest BCUT2D eigenvalue weighted by Crippen LogP contribution is 2.35. The molecule has 0 aromatic heterocycles. The maximum atomic E-state index is 13.1. The van der Waals surface area contributed by atoms with Gasteiger partial charge in [-0.15, -0.1) is 0 Å². The molecule has 0 atom stereocenters. The van der Waals surface area contributed by atoms with Gasteiger partial charge in [-0.3, -0.25) is 4.79 Å². The predicted molar refractivity (Wildman–Crippen MR) is 138 cm³/mol. The SMILES string of the molecule is CCOc1cc(C(=O)Nc2cccc3ccccc23)cc(I)c1OCc1ccc(C)cc1. The van der Waals surface area contributed by atoms with Crippen LogP contribution in [0.2, 0.25) is 0 Å². The summed E-state index contributed by atoms with van der Waals surface area (Å²) in [5.74, 6) is 1.02. The van der Waals surface area contributed by atoms with Gasteiger partial charge in [0.2, 0.25) is 0 Å². The fraction of sp³-hybridized carbons (Fsp3) is 0.148. The number of hydrogen-bond donors (Lipinski definition) is 1. The van der Waals surface area contributed by atoms with Crippen molar-refractivity contribution in [1.29, 1.82) is 0 Å². The lowest BCUT2D eigenvalue weighted by Crippen LogP contribution is -2.13. The minimum atomic E-state index is -0.190. The first-order valence-corrected chi connectivity index (χ1v) is 11.6. The Morgan fingerprint density at radius 2 is 1.69 bits per heavy atom. The Labute approximate surface area is 201 Å². The van der Waals surface area contributed by atoms with Crippen LogP contribution in [-0.2, 0) is 6.61 Å². The van der Waals surface area contributed by atoms with Gasteiger partial charge in [-0.2, -0.15) is 0 Å². The van der Waals surface area contributed by atoms with Crippen molar-refractivity contribution in [2.24, 2.45) is 0 Å². The van der Waals surface area contributed by atoms with Crippen LogP contribution >= 0.6 is 22.6 Å². The average molecular weight is 537 g/mol. The van der Waals surface area contributed by atoms with Crippen molar-refractivity contribution in [3.8, 4) is 11.5 Å². The Morgan fingerprint density at radius 1 is 0.938 bits per heavy atom. The molecule has 0 unspecified atom stereocenters. The molecular formula is C27H24INO3. The van der Waals surface area contributed by atoms with Gasteiger partial charge in [-0.1, -0.05) is 66.2 Å². The molecule has 0 saturated heterocycles. The molecule has 0 radical (unpaired) electrons. The van der Waals surface area contributed by atoms with Gasteiger partial charge in [0.05, 0.1) is 10.2 Å². The molecule has 0 spiro atoms. The fourth-order valence-corrected chi connectivity index (χ4v) is 4.23. The molecule has 0 aliphatic rings. The van der Waals surface area contributed by atoms with Crippen molar-refractivity contribution in [1.82, 2.24) is 0 Å². The summed E-state index contributed by atoms with van der Waals surface area (Å²) in [7, 11) is 0. The largest absolute Gasteiger partial charge is 0.490 e. The van der Waals surface area contributed by atoms with E-state index in [-0.39, 0.29) is 5.91 Å². The lowest BCUT2D eigenvalue weighted by Gasteiger charge is -2.16. The number of anilines is 1. The van der Waals surface area contributed by atoms with Gasteiger partial charge < -0.3 is 14.8 Å². The van der Waals surface area contributed by atoms with E-state index in [4.69, 9.17) is 9.47 Å². The van der Waals surface area contributed by atoms with Crippen LogP contribution in [0, 0.1) is 10.5 Å². The summed E-state index contributed by atoms with van der Waals surface area (Å²) in [4.78, 5) is 13.1. The first-order chi connectivity index (χ1) is 15.5. The van der Waals surface area contributed by atoms with Crippen LogP contribution in [0.5, 0.6) is 11.5 Å². The van der Waals surface area contributed by atoms with Gasteiger partial charge >= 0.3 is 0 Å². The zero-order valence-corrected chi connectivity index (χ0v) is 20.2. The third-order valence-corrected chi connectivity index (χ3v) is 5.91. The number of carbonyl (C=O) groups excluding carboxylic acids is 1. The number of rotatable bonds is 7. The number of amides is 1. The summed E-state index contributed by atoms with van der Waals surface area (Å²) in [6, 6.07) is 25.7. The van der Waals surface area contributed by atoms with Gasteiger partial charge in [0.1, 0.15) is 6.61 Å². The van der Waals surface area contributed by atoms with E-state index < -0.39 is 0 Å². The number of benzene rings is 4. The van der Waals surface area contributed by atoms with E-state index in [9.17, 15) is 4.79 Å². The molecule has 4 aromatic carbocycles.